The molecule has 0 saturated carbocycles. The van der Waals surface area contributed by atoms with Gasteiger partial charge in [0.2, 0.25) is 0 Å². The zero-order valence-electron chi connectivity index (χ0n) is 36.8. The molecule has 0 aliphatic heterocycles. The normalized spacial score (nSPS) is 8.32. The second kappa shape index (κ2) is 49.6. The van der Waals surface area contributed by atoms with Crippen LogP contribution >= 0.6 is 27.5 Å². The van der Waals surface area contributed by atoms with Gasteiger partial charge in [-0.15, -0.1) is 0 Å². The Hall–Kier alpha value is 5.58. The van der Waals surface area contributed by atoms with E-state index in [0.717, 1.165) is 39.7 Å². The van der Waals surface area contributed by atoms with Crippen LogP contribution in [0.25, 0.3) is 0 Å². The van der Waals surface area contributed by atoms with E-state index in [1.807, 2.05) is 60.7 Å². The topological polar surface area (TPSA) is 29.5 Å². The van der Waals surface area contributed by atoms with Crippen molar-refractivity contribution >= 4 is 103 Å². The molecule has 60 heavy (non-hydrogen) atoms. The molecule has 19 heteroatoms. The van der Waals surface area contributed by atoms with Crippen LogP contribution < -0.4 is 263 Å². The molecule has 2 nitrogen and oxygen atoms in total. The van der Waals surface area contributed by atoms with Crippen LogP contribution in [0.2, 0.25) is 5.02 Å². The first kappa shape index (κ1) is 82.5. The average molecular weight is 1090 g/mol. The SMILES string of the molecule is CC(C)(C)c1ccc([S-])cc1.COc1ccc([S-])cc1.Fc1ccc([S-])cc1.Oc1ccc([S-])cc1.[K+].[Na+].[Na+].[Na+].[Na+].[Na+].[Na+].[Na+].[S-]c1ccc(Br)cc1.[S-]c1ccc(Cl)cc1. The summed E-state index contributed by atoms with van der Waals surface area (Å²) in [6.07, 6.45) is 0. The van der Waals surface area contributed by atoms with Gasteiger partial charge in [-0.3, -0.25) is 0 Å². The Morgan fingerprint density at radius 2 is 0.750 bits per heavy atom. The molecule has 0 bridgehead atoms. The van der Waals surface area contributed by atoms with Gasteiger partial charge in [0.15, 0.2) is 0 Å². The Labute approximate surface area is 603 Å². The Morgan fingerprint density at radius 1 is 0.483 bits per heavy atom. The smallest absolute Gasteiger partial charge is 0.780 e. The fourth-order valence-electron chi connectivity index (χ4n) is 3.28. The number of hydrogen-bond donors (Lipinski definition) is 1. The zero-order valence-corrected chi connectivity index (χ0v) is 61.2. The molecular formula is C41H37BrClFKNa7O2S6+2. The number of hydrogen-bond acceptors (Lipinski definition) is 8. The van der Waals surface area contributed by atoms with Crippen molar-refractivity contribution in [3.05, 3.63) is 166 Å². The van der Waals surface area contributed by atoms with Crippen LogP contribution in [0, 0.1) is 5.82 Å². The van der Waals surface area contributed by atoms with Crippen LogP contribution in [0.15, 0.2) is 179 Å². The average Bonchev–Trinajstić information content (AvgIpc) is 3.11. The third-order valence-electron chi connectivity index (χ3n) is 6.06. The summed E-state index contributed by atoms with van der Waals surface area (Å²) >= 11 is 37.9. The monoisotopic (exact) mass is 1090 g/mol. The van der Waals surface area contributed by atoms with E-state index in [9.17, 15) is 4.39 Å². The molecule has 0 atom stereocenters. The number of benzene rings is 6. The van der Waals surface area contributed by atoms with Gasteiger partial charge >= 0.3 is 258 Å². The van der Waals surface area contributed by atoms with E-state index in [2.05, 4.69) is 48.8 Å². The van der Waals surface area contributed by atoms with Crippen LogP contribution in [-0.4, -0.2) is 12.2 Å². The molecule has 1 N–H and O–H groups in total. The predicted molar refractivity (Wildman–Crippen MR) is 232 cm³/mol. The number of ether oxygens (including phenoxy) is 1. The summed E-state index contributed by atoms with van der Waals surface area (Å²) in [4.78, 5) is 4.89. The first-order chi connectivity index (χ1) is 24.5. The van der Waals surface area contributed by atoms with E-state index < -0.39 is 0 Å². The van der Waals surface area contributed by atoms with Crippen LogP contribution in [0.1, 0.15) is 26.3 Å². The minimum Gasteiger partial charge on any atom is -0.780 e. The van der Waals surface area contributed by atoms with Gasteiger partial charge in [-0.2, -0.15) is 29.4 Å². The zero-order chi connectivity index (χ0) is 39.1. The predicted octanol–water partition coefficient (Wildman–Crippen LogP) is -11.8. The number of phenols is 1. The molecule has 0 fully saturated rings. The molecule has 0 aliphatic rings. The molecule has 0 radical (unpaired) electrons. The molecule has 276 valence electrons. The van der Waals surface area contributed by atoms with E-state index in [1.165, 1.54) is 17.7 Å². The van der Waals surface area contributed by atoms with Crippen molar-refractivity contribution in [2.24, 2.45) is 0 Å². The van der Waals surface area contributed by atoms with Crippen molar-refractivity contribution < 1.29 is 273 Å². The van der Waals surface area contributed by atoms with Gasteiger partial charge in [0.05, 0.1) is 7.11 Å². The van der Waals surface area contributed by atoms with Gasteiger partial charge < -0.3 is 85.6 Å². The minimum atomic E-state index is -0.237. The second-order valence-corrected chi connectivity index (χ2v) is 15.5. The Kier molecular flexibility index (Phi) is 68.1. The standard InChI is InChI=1S/C10H14S.C7H8OS.C6H5BrS.C6H5ClS.C6H5FS.C6H6OS.K.7Na/c1-10(2,3)8-4-6-9(11)7-5-8;1-8-6-2-4-7(9)5-3-6;4*7-5-1-3-6(8)4-2-5;;;;;;;;/h4-7,11H,1-3H3;2-5,9H,1H3;3*1-4,8H;1-4,7-8H;;;;;;;;/q;;;;;;8*+1/p-6. The van der Waals surface area contributed by atoms with E-state index in [-0.39, 0.29) is 275 Å². The number of halogens is 3. The summed E-state index contributed by atoms with van der Waals surface area (Å²) in [5.41, 5.74) is 1.58. The molecule has 6 aromatic carbocycles. The van der Waals surface area contributed by atoms with Crippen LogP contribution in [0.5, 0.6) is 11.5 Å². The third-order valence-corrected chi connectivity index (χ3v) is 8.47. The van der Waals surface area contributed by atoms with Crippen molar-refractivity contribution in [2.75, 3.05) is 7.11 Å². The number of aromatic hydroxyl groups is 1. The Bertz CT molecular complexity index is 1580. The minimum absolute atomic E-state index is 0. The maximum absolute atomic E-state index is 12.0. The molecule has 0 aromatic heterocycles. The summed E-state index contributed by atoms with van der Waals surface area (Å²) in [6, 6.07) is 42.7. The van der Waals surface area contributed by atoms with E-state index >= 15 is 0 Å². The summed E-state index contributed by atoms with van der Waals surface area (Å²) in [5, 5.41) is 9.45. The van der Waals surface area contributed by atoms with Crippen LogP contribution in [0.3, 0.4) is 0 Å². The molecule has 0 saturated heterocycles. The molecule has 0 aliphatic carbocycles. The Morgan fingerprint density at radius 3 is 1.00 bits per heavy atom. The van der Waals surface area contributed by atoms with Crippen molar-refractivity contribution in [1.29, 1.82) is 0 Å². The number of rotatable bonds is 1. The summed E-state index contributed by atoms with van der Waals surface area (Å²) in [6.45, 7) is 6.60. The van der Waals surface area contributed by atoms with Crippen molar-refractivity contribution in [3.8, 4) is 11.5 Å². The molecular weight excluding hydrogens is 1050 g/mol. The second-order valence-electron chi connectivity index (χ2n) is 11.3. The van der Waals surface area contributed by atoms with Crippen molar-refractivity contribution in [3.63, 3.8) is 0 Å². The molecule has 6 aromatic rings. The van der Waals surface area contributed by atoms with Gasteiger partial charge in [0, 0.05) is 9.50 Å². The first-order valence-electron chi connectivity index (χ1n) is 15.3. The van der Waals surface area contributed by atoms with Crippen molar-refractivity contribution in [1.82, 2.24) is 0 Å². The maximum atomic E-state index is 12.0. The van der Waals surface area contributed by atoms with Crippen LogP contribution in [0.4, 0.5) is 4.39 Å². The van der Waals surface area contributed by atoms with Gasteiger partial charge in [-0.25, -0.2) is 4.39 Å². The van der Waals surface area contributed by atoms with Gasteiger partial charge in [0.1, 0.15) is 17.3 Å². The van der Waals surface area contributed by atoms with Gasteiger partial charge in [0.25, 0.3) is 0 Å². The molecule has 0 heterocycles. The fourth-order valence-corrected chi connectivity index (χ4v) is 4.49. The largest absolute Gasteiger partial charge is 1.00 e. The molecule has 0 unspecified atom stereocenters. The summed E-state index contributed by atoms with van der Waals surface area (Å²) in [7, 11) is 1.64. The molecule has 0 amide bonds. The molecule has 6 rings (SSSR count). The molecule has 0 spiro atoms. The first-order valence-corrected chi connectivity index (χ1v) is 18.9. The quantitative estimate of drug-likeness (QED) is 0.129. The number of methoxy groups -OCH3 is 1. The van der Waals surface area contributed by atoms with Crippen LogP contribution in [-0.2, 0) is 81.2 Å². The fraction of sp³-hybridized carbons (Fsp3) is 0.122. The van der Waals surface area contributed by atoms with Gasteiger partial charge in [-0.1, -0.05) is 133 Å². The van der Waals surface area contributed by atoms with Gasteiger partial charge in [-0.05, 0) is 71.6 Å². The Balaban J connectivity index is -0.0000000881. The summed E-state index contributed by atoms with van der Waals surface area (Å²) < 4.78 is 18.0. The van der Waals surface area contributed by atoms with E-state index in [4.69, 9.17) is 97.2 Å². The maximum Gasteiger partial charge on any atom is 1.00 e. The van der Waals surface area contributed by atoms with E-state index in [1.54, 1.807) is 67.8 Å². The van der Waals surface area contributed by atoms with Crippen molar-refractivity contribution in [2.45, 2.75) is 55.6 Å². The number of phenolic OH excluding ortho intramolecular Hbond substituents is 1. The third kappa shape index (κ3) is 46.0. The van der Waals surface area contributed by atoms with E-state index in [0.29, 0.717) is 4.90 Å². The summed E-state index contributed by atoms with van der Waals surface area (Å²) in [5.74, 6) is 0.876.